The van der Waals surface area contributed by atoms with Gasteiger partial charge in [-0.05, 0) is 66.1 Å². The maximum Gasteiger partial charge on any atom is 0.159 e. The molecule has 0 amide bonds. The fourth-order valence-electron chi connectivity index (χ4n) is 6.20. The Morgan fingerprint density at radius 1 is 1.00 bits per heavy atom. The van der Waals surface area contributed by atoms with Crippen LogP contribution in [0.1, 0.15) is 55.3 Å². The topological polar surface area (TPSA) is 84.7 Å². The van der Waals surface area contributed by atoms with Gasteiger partial charge in [0.05, 0.1) is 40.4 Å². The number of aromatic nitrogens is 5. The van der Waals surface area contributed by atoms with Gasteiger partial charge in [0.15, 0.2) is 5.82 Å². The number of rotatable bonds is 4. The summed E-state index contributed by atoms with van der Waals surface area (Å²) in [6.07, 6.45) is 5.12. The van der Waals surface area contributed by atoms with Crippen molar-refractivity contribution in [3.8, 4) is 22.6 Å². The molecule has 2 atom stereocenters. The summed E-state index contributed by atoms with van der Waals surface area (Å²) in [6.45, 7) is 4.24. The third-order valence-corrected chi connectivity index (χ3v) is 7.93. The molecule has 1 N–H and O–H groups in total. The minimum absolute atomic E-state index is 0.154. The Morgan fingerprint density at radius 2 is 1.77 bits per heavy atom. The fourth-order valence-corrected chi connectivity index (χ4v) is 6.20. The Balaban J connectivity index is 1.51. The zero-order valence-corrected chi connectivity index (χ0v) is 19.3. The molecule has 0 aliphatic heterocycles. The van der Waals surface area contributed by atoms with Crippen LogP contribution >= 0.6 is 0 Å². The molecular formula is C27H23F2N5O. The lowest BCUT2D eigenvalue weighted by molar-refractivity contribution is 0.243. The smallest absolute Gasteiger partial charge is 0.159 e. The highest BCUT2D eigenvalue weighted by Gasteiger charge is 2.65. The number of hydrogen-bond acceptors (Lipinski definition) is 6. The summed E-state index contributed by atoms with van der Waals surface area (Å²) in [4.78, 5) is 13.6. The highest BCUT2D eigenvalue weighted by Crippen LogP contribution is 2.69. The van der Waals surface area contributed by atoms with Crippen molar-refractivity contribution in [1.82, 2.24) is 25.1 Å². The lowest BCUT2D eigenvalue weighted by Crippen LogP contribution is -2.38. The van der Waals surface area contributed by atoms with Gasteiger partial charge in [0.2, 0.25) is 0 Å². The van der Waals surface area contributed by atoms with E-state index in [1.807, 2.05) is 12.1 Å². The van der Waals surface area contributed by atoms with Crippen LogP contribution in [0.3, 0.4) is 0 Å². The number of aliphatic hydroxyl groups excluding tert-OH is 1. The van der Waals surface area contributed by atoms with E-state index in [0.29, 0.717) is 11.5 Å². The first-order chi connectivity index (χ1) is 16.9. The average Bonchev–Trinajstić information content (AvgIpc) is 3.25. The van der Waals surface area contributed by atoms with Crippen LogP contribution in [0.5, 0.6) is 0 Å². The Bertz CT molecular complexity index is 1450. The summed E-state index contributed by atoms with van der Waals surface area (Å²) < 4.78 is 29.0. The molecule has 3 heterocycles. The van der Waals surface area contributed by atoms with Gasteiger partial charge in [0, 0.05) is 18.0 Å². The van der Waals surface area contributed by atoms with Crippen LogP contribution in [0.15, 0.2) is 54.9 Å². The number of benzene rings is 1. The predicted molar refractivity (Wildman–Crippen MR) is 125 cm³/mol. The summed E-state index contributed by atoms with van der Waals surface area (Å²) in [5.74, 6) is -0.616. The molecule has 2 bridgehead atoms. The van der Waals surface area contributed by atoms with Crippen molar-refractivity contribution in [2.24, 2.45) is 5.41 Å². The number of nitrogens with zero attached hydrogens (tertiary/aromatic N) is 5. The van der Waals surface area contributed by atoms with Gasteiger partial charge in [0.1, 0.15) is 11.6 Å². The number of pyridine rings is 1. The maximum absolute atomic E-state index is 14.5. The Kier molecular flexibility index (Phi) is 4.79. The van der Waals surface area contributed by atoms with Gasteiger partial charge in [-0.3, -0.25) is 4.98 Å². The molecule has 3 aromatic heterocycles. The average molecular weight is 472 g/mol. The minimum atomic E-state index is -0.656. The minimum Gasteiger partial charge on any atom is -0.390 e. The van der Waals surface area contributed by atoms with Crippen LogP contribution in [-0.4, -0.2) is 30.3 Å². The molecule has 0 saturated heterocycles. The zero-order chi connectivity index (χ0) is 24.4. The molecule has 1 fully saturated rings. The van der Waals surface area contributed by atoms with Crippen molar-refractivity contribution in [3.05, 3.63) is 89.1 Å². The number of halogens is 2. The van der Waals surface area contributed by atoms with Gasteiger partial charge in [-0.25, -0.2) is 18.7 Å². The highest BCUT2D eigenvalue weighted by atomic mass is 19.1. The van der Waals surface area contributed by atoms with Crippen LogP contribution in [0.2, 0.25) is 0 Å². The number of fused-ring (bicyclic) bond motifs is 5. The van der Waals surface area contributed by atoms with Gasteiger partial charge in [-0.15, -0.1) is 5.10 Å². The van der Waals surface area contributed by atoms with Crippen LogP contribution in [-0.2, 0) is 12.0 Å². The maximum atomic E-state index is 14.5. The van der Waals surface area contributed by atoms with E-state index in [0.717, 1.165) is 35.4 Å². The molecular weight excluding hydrogens is 448 g/mol. The Labute approximate surface area is 201 Å². The van der Waals surface area contributed by atoms with Crippen molar-refractivity contribution >= 4 is 0 Å². The van der Waals surface area contributed by atoms with Crippen LogP contribution < -0.4 is 0 Å². The summed E-state index contributed by atoms with van der Waals surface area (Å²) in [5.41, 5.74) is 3.25. The first-order valence-electron chi connectivity index (χ1n) is 11.6. The molecule has 0 radical (unpaired) electrons. The van der Waals surface area contributed by atoms with E-state index in [1.54, 1.807) is 24.5 Å². The molecule has 1 saturated carbocycles. The van der Waals surface area contributed by atoms with Gasteiger partial charge in [-0.1, -0.05) is 19.9 Å². The standard InChI is InChI=1S/C27H23F2N5O/c1-26(2)18-6-9-27(26,22-8-11-31-25(32-22)15-7-10-30-16(12-15)14-35)24-17(18)13-21(33-34-24)23-19(28)4-3-5-20(23)29/h3-5,7-8,10-13,18,35H,6,9,14H2,1-2H3/t18-,27+/m0/s1. The van der Waals surface area contributed by atoms with E-state index in [4.69, 9.17) is 4.98 Å². The second-order valence-corrected chi connectivity index (χ2v) is 9.81. The van der Waals surface area contributed by atoms with Crippen LogP contribution in [0.25, 0.3) is 22.6 Å². The van der Waals surface area contributed by atoms with Crippen molar-refractivity contribution in [1.29, 1.82) is 0 Å². The van der Waals surface area contributed by atoms with Gasteiger partial charge < -0.3 is 5.11 Å². The Hall–Kier alpha value is -3.65. The first-order valence-corrected chi connectivity index (χ1v) is 11.6. The van der Waals surface area contributed by atoms with Gasteiger partial charge in [0.25, 0.3) is 0 Å². The number of hydrogen-bond donors (Lipinski definition) is 1. The molecule has 1 aromatic carbocycles. The van der Waals surface area contributed by atoms with Gasteiger partial charge in [-0.2, -0.15) is 5.10 Å². The molecule has 6 nitrogen and oxygen atoms in total. The van der Waals surface area contributed by atoms with E-state index in [2.05, 4.69) is 34.0 Å². The molecule has 8 heteroatoms. The second kappa shape index (κ2) is 7.68. The molecule has 0 unspecified atom stereocenters. The summed E-state index contributed by atoms with van der Waals surface area (Å²) in [7, 11) is 0. The molecule has 2 aliphatic carbocycles. The molecule has 4 aromatic rings. The number of aliphatic hydroxyl groups is 1. The van der Waals surface area contributed by atoms with E-state index in [9.17, 15) is 13.9 Å². The Morgan fingerprint density at radius 3 is 2.54 bits per heavy atom. The van der Waals surface area contributed by atoms with Crippen molar-refractivity contribution in [2.75, 3.05) is 0 Å². The largest absolute Gasteiger partial charge is 0.390 e. The van der Waals surface area contributed by atoms with E-state index >= 15 is 0 Å². The first kappa shape index (κ1) is 21.9. The molecule has 0 spiro atoms. The fraction of sp³-hybridized carbons (Fsp3) is 0.296. The zero-order valence-electron chi connectivity index (χ0n) is 19.3. The van der Waals surface area contributed by atoms with E-state index in [-0.39, 0.29) is 29.2 Å². The van der Waals surface area contributed by atoms with Crippen molar-refractivity contribution < 1.29 is 13.9 Å². The van der Waals surface area contributed by atoms with Gasteiger partial charge >= 0.3 is 0 Å². The SMILES string of the molecule is CC1(C)[C@H]2CC[C@@]1(c1ccnc(-c3ccnc(CO)c3)n1)c1nnc(-c3c(F)cccc3F)cc12. The molecule has 2 aliphatic rings. The van der Waals surface area contributed by atoms with Crippen LogP contribution in [0.4, 0.5) is 8.78 Å². The summed E-state index contributed by atoms with van der Waals surface area (Å²) in [6, 6.07) is 11.1. The lowest BCUT2D eigenvalue weighted by atomic mass is 9.66. The monoisotopic (exact) mass is 471 g/mol. The molecule has 6 rings (SSSR count). The second-order valence-electron chi connectivity index (χ2n) is 9.81. The van der Waals surface area contributed by atoms with Crippen molar-refractivity contribution in [3.63, 3.8) is 0 Å². The van der Waals surface area contributed by atoms with Crippen molar-refractivity contribution in [2.45, 2.75) is 44.6 Å². The lowest BCUT2D eigenvalue weighted by Gasteiger charge is -2.37. The third kappa shape index (κ3) is 2.99. The molecule has 35 heavy (non-hydrogen) atoms. The summed E-state index contributed by atoms with van der Waals surface area (Å²) in [5, 5.41) is 18.4. The summed E-state index contributed by atoms with van der Waals surface area (Å²) >= 11 is 0. The van der Waals surface area contributed by atoms with E-state index in [1.165, 1.54) is 18.2 Å². The quantitative estimate of drug-likeness (QED) is 0.452. The normalized spacial score (nSPS) is 21.8. The molecule has 176 valence electrons. The van der Waals surface area contributed by atoms with E-state index < -0.39 is 17.0 Å². The highest BCUT2D eigenvalue weighted by molar-refractivity contribution is 5.64. The predicted octanol–water partition coefficient (Wildman–Crippen LogP) is 4.97. The third-order valence-electron chi connectivity index (χ3n) is 7.93. The van der Waals surface area contributed by atoms with Crippen LogP contribution in [0, 0.1) is 17.0 Å².